The fourth-order valence-corrected chi connectivity index (χ4v) is 3.19. The number of methoxy groups -OCH3 is 1. The zero-order valence-corrected chi connectivity index (χ0v) is 12.4. The van der Waals surface area contributed by atoms with Gasteiger partial charge in [-0.3, -0.25) is 4.90 Å². The summed E-state index contributed by atoms with van der Waals surface area (Å²) >= 11 is 3.62. The smallest absolute Gasteiger partial charge is 0.0595 e. The summed E-state index contributed by atoms with van der Waals surface area (Å²) in [6.07, 6.45) is 2.61. The van der Waals surface area contributed by atoms with Crippen LogP contribution in [0.2, 0.25) is 0 Å². The van der Waals surface area contributed by atoms with Crippen molar-refractivity contribution in [3.63, 3.8) is 0 Å². The van der Waals surface area contributed by atoms with Crippen molar-refractivity contribution in [3.8, 4) is 0 Å². The highest BCUT2D eigenvalue weighted by Crippen LogP contribution is 2.29. The molecule has 1 aliphatic rings. The van der Waals surface area contributed by atoms with Gasteiger partial charge in [0.25, 0.3) is 0 Å². The first kappa shape index (κ1) is 14.0. The van der Waals surface area contributed by atoms with Gasteiger partial charge in [0.05, 0.1) is 6.10 Å². The Bertz CT molecular complexity index is 378. The van der Waals surface area contributed by atoms with E-state index in [0.717, 1.165) is 30.4 Å². The lowest BCUT2D eigenvalue weighted by Crippen LogP contribution is -2.41. The molecule has 1 aromatic rings. The Kier molecular flexibility index (Phi) is 5.18. The quantitative estimate of drug-likeness (QED) is 0.928. The second-order valence-corrected chi connectivity index (χ2v) is 5.60. The van der Waals surface area contributed by atoms with Gasteiger partial charge in [-0.05, 0) is 24.5 Å². The van der Waals surface area contributed by atoms with Crippen molar-refractivity contribution < 1.29 is 4.74 Å². The maximum atomic E-state index is 5.98. The Labute approximate surface area is 117 Å². The summed E-state index contributed by atoms with van der Waals surface area (Å²) in [4.78, 5) is 2.47. The second-order valence-electron chi connectivity index (χ2n) is 4.74. The highest BCUT2D eigenvalue weighted by molar-refractivity contribution is 9.10. The van der Waals surface area contributed by atoms with E-state index in [0.29, 0.717) is 18.7 Å². The molecule has 0 aliphatic carbocycles. The Morgan fingerprint density at radius 2 is 2.06 bits per heavy atom. The molecule has 4 heteroatoms. The van der Waals surface area contributed by atoms with Crippen LogP contribution in [0.5, 0.6) is 0 Å². The molecule has 0 aromatic heterocycles. The van der Waals surface area contributed by atoms with Gasteiger partial charge in [0, 0.05) is 37.3 Å². The van der Waals surface area contributed by atoms with Gasteiger partial charge in [-0.2, -0.15) is 0 Å². The van der Waals surface area contributed by atoms with Gasteiger partial charge in [0.1, 0.15) is 0 Å². The molecular formula is C14H21BrN2O. The molecule has 18 heavy (non-hydrogen) atoms. The van der Waals surface area contributed by atoms with Gasteiger partial charge in [-0.15, -0.1) is 0 Å². The van der Waals surface area contributed by atoms with Crippen LogP contribution in [0.25, 0.3) is 0 Å². The predicted octanol–water partition coefficient (Wildman–Crippen LogP) is 2.56. The number of halogens is 1. The zero-order chi connectivity index (χ0) is 13.0. The molecule has 1 aliphatic heterocycles. The minimum Gasteiger partial charge on any atom is -0.381 e. The minimum atomic E-state index is 0.304. The Morgan fingerprint density at radius 1 is 1.39 bits per heavy atom. The number of hydrogen-bond donors (Lipinski definition) is 1. The fraction of sp³-hybridized carbons (Fsp3) is 0.571. The summed E-state index contributed by atoms with van der Waals surface area (Å²) in [5.74, 6) is 0. The predicted molar refractivity (Wildman–Crippen MR) is 77.5 cm³/mol. The molecule has 1 unspecified atom stereocenters. The third-order valence-corrected chi connectivity index (χ3v) is 4.46. The summed E-state index contributed by atoms with van der Waals surface area (Å²) in [7, 11) is 1.80. The number of rotatable bonds is 4. The van der Waals surface area contributed by atoms with Crippen molar-refractivity contribution in [2.24, 2.45) is 5.73 Å². The van der Waals surface area contributed by atoms with Crippen LogP contribution >= 0.6 is 15.9 Å². The van der Waals surface area contributed by atoms with E-state index in [1.165, 1.54) is 5.56 Å². The molecule has 0 spiro atoms. The van der Waals surface area contributed by atoms with E-state index >= 15 is 0 Å². The molecule has 2 N–H and O–H groups in total. The van der Waals surface area contributed by atoms with E-state index in [2.05, 4.69) is 39.0 Å². The maximum Gasteiger partial charge on any atom is 0.0595 e. The summed E-state index contributed by atoms with van der Waals surface area (Å²) in [6, 6.07) is 8.66. The van der Waals surface area contributed by atoms with Crippen molar-refractivity contribution in [1.29, 1.82) is 0 Å². The molecule has 1 fully saturated rings. The van der Waals surface area contributed by atoms with Crippen LogP contribution in [0.1, 0.15) is 24.4 Å². The first-order valence-corrected chi connectivity index (χ1v) is 7.27. The average molecular weight is 313 g/mol. The first-order valence-electron chi connectivity index (χ1n) is 6.47. The van der Waals surface area contributed by atoms with Crippen molar-refractivity contribution in [3.05, 3.63) is 34.3 Å². The Balaban J connectivity index is 2.08. The number of nitrogens with two attached hydrogens (primary N) is 1. The Morgan fingerprint density at radius 3 is 2.61 bits per heavy atom. The average Bonchev–Trinajstić information content (AvgIpc) is 2.42. The lowest BCUT2D eigenvalue weighted by atomic mass is 10.0. The molecule has 0 saturated carbocycles. The molecule has 0 bridgehead atoms. The topological polar surface area (TPSA) is 38.5 Å². The lowest BCUT2D eigenvalue weighted by molar-refractivity contribution is 0.0279. The second kappa shape index (κ2) is 6.66. The van der Waals surface area contributed by atoms with Crippen LogP contribution in [-0.2, 0) is 4.74 Å². The summed E-state index contributed by atoms with van der Waals surface area (Å²) in [5.41, 5.74) is 7.27. The largest absolute Gasteiger partial charge is 0.381 e. The minimum absolute atomic E-state index is 0.304. The summed E-state index contributed by atoms with van der Waals surface area (Å²) < 4.78 is 6.56. The number of nitrogens with zero attached hydrogens (tertiary/aromatic N) is 1. The van der Waals surface area contributed by atoms with Gasteiger partial charge >= 0.3 is 0 Å². The lowest BCUT2D eigenvalue weighted by Gasteiger charge is -2.37. The standard InChI is InChI=1S/C14H21BrN2O/c1-18-11-6-8-17(9-7-11)14(10-16)12-4-2-3-5-13(12)15/h2-5,11,14H,6-10,16H2,1H3. The van der Waals surface area contributed by atoms with E-state index in [1.54, 1.807) is 7.11 Å². The Hall–Kier alpha value is -0.420. The van der Waals surface area contributed by atoms with E-state index in [-0.39, 0.29) is 0 Å². The van der Waals surface area contributed by atoms with Crippen molar-refractivity contribution >= 4 is 15.9 Å². The number of benzene rings is 1. The molecule has 0 radical (unpaired) electrons. The van der Waals surface area contributed by atoms with Crippen molar-refractivity contribution in [2.45, 2.75) is 25.0 Å². The molecule has 1 saturated heterocycles. The van der Waals surface area contributed by atoms with Crippen molar-refractivity contribution in [1.82, 2.24) is 4.90 Å². The van der Waals surface area contributed by atoms with Gasteiger partial charge in [0.15, 0.2) is 0 Å². The molecule has 0 amide bonds. The van der Waals surface area contributed by atoms with Gasteiger partial charge in [-0.1, -0.05) is 34.1 Å². The van der Waals surface area contributed by atoms with Crippen LogP contribution in [0.3, 0.4) is 0 Å². The molecule has 100 valence electrons. The maximum absolute atomic E-state index is 5.98. The van der Waals surface area contributed by atoms with E-state index < -0.39 is 0 Å². The van der Waals surface area contributed by atoms with Crippen LogP contribution < -0.4 is 5.73 Å². The highest BCUT2D eigenvalue weighted by atomic mass is 79.9. The third-order valence-electron chi connectivity index (χ3n) is 3.74. The van der Waals surface area contributed by atoms with Gasteiger partial charge < -0.3 is 10.5 Å². The summed E-state index contributed by atoms with van der Waals surface area (Å²) in [5, 5.41) is 0. The highest BCUT2D eigenvalue weighted by Gasteiger charge is 2.26. The van der Waals surface area contributed by atoms with Gasteiger partial charge in [0.2, 0.25) is 0 Å². The normalized spacial score (nSPS) is 19.9. The zero-order valence-electron chi connectivity index (χ0n) is 10.8. The molecule has 1 aromatic carbocycles. The molecule has 1 atom stereocenters. The third kappa shape index (κ3) is 3.12. The van der Waals surface area contributed by atoms with Crippen molar-refractivity contribution in [2.75, 3.05) is 26.7 Å². The molecular weight excluding hydrogens is 292 g/mol. The van der Waals surface area contributed by atoms with Crippen LogP contribution in [0.15, 0.2) is 28.7 Å². The van der Waals surface area contributed by atoms with E-state index in [1.807, 2.05) is 6.07 Å². The SMILES string of the molecule is COC1CCN(C(CN)c2ccccc2Br)CC1. The first-order chi connectivity index (χ1) is 8.76. The monoisotopic (exact) mass is 312 g/mol. The van der Waals surface area contributed by atoms with Gasteiger partial charge in [-0.25, -0.2) is 0 Å². The fourth-order valence-electron chi connectivity index (χ4n) is 2.64. The van der Waals surface area contributed by atoms with Crippen LogP contribution in [0.4, 0.5) is 0 Å². The van der Waals surface area contributed by atoms with E-state index in [4.69, 9.17) is 10.5 Å². The molecule has 2 rings (SSSR count). The molecule has 1 heterocycles. The number of ether oxygens (including phenoxy) is 1. The number of likely N-dealkylation sites (tertiary alicyclic amines) is 1. The number of piperidine rings is 1. The summed E-state index contributed by atoms with van der Waals surface area (Å²) in [6.45, 7) is 2.77. The molecule has 3 nitrogen and oxygen atoms in total. The van der Waals surface area contributed by atoms with E-state index in [9.17, 15) is 0 Å². The van der Waals surface area contributed by atoms with Crippen LogP contribution in [0, 0.1) is 0 Å². The number of hydrogen-bond acceptors (Lipinski definition) is 3. The van der Waals surface area contributed by atoms with Crippen LogP contribution in [-0.4, -0.2) is 37.7 Å².